The molecule has 0 aliphatic heterocycles. The van der Waals surface area contributed by atoms with Gasteiger partial charge in [-0.3, -0.25) is 0 Å². The number of fused-ring (bicyclic) bond motifs is 6. The van der Waals surface area contributed by atoms with Crippen LogP contribution < -0.4 is 4.90 Å². The second kappa shape index (κ2) is 13.9. The molecular formula is C57H41NO. The maximum absolute atomic E-state index is 6.78. The number of hydrogen-bond acceptors (Lipinski definition) is 2. The Bertz CT molecular complexity index is 3160. The number of anilines is 3. The molecule has 59 heavy (non-hydrogen) atoms. The molecule has 0 radical (unpaired) electrons. The number of nitrogens with zero attached hydrogens (tertiary/aromatic N) is 1. The third-order valence-electron chi connectivity index (χ3n) is 12.3. The highest BCUT2D eigenvalue weighted by Crippen LogP contribution is 2.52. The Labute approximate surface area is 345 Å². The van der Waals surface area contributed by atoms with Gasteiger partial charge in [-0.25, -0.2) is 0 Å². The maximum Gasteiger partial charge on any atom is 0.145 e. The maximum atomic E-state index is 6.78. The van der Waals surface area contributed by atoms with E-state index in [1.165, 1.54) is 50.1 Å². The second-order valence-electron chi connectivity index (χ2n) is 16.1. The highest BCUT2D eigenvalue weighted by atomic mass is 16.3. The summed E-state index contributed by atoms with van der Waals surface area (Å²) in [7, 11) is 0. The summed E-state index contributed by atoms with van der Waals surface area (Å²) in [4.78, 5) is 2.40. The van der Waals surface area contributed by atoms with Crippen LogP contribution in [-0.2, 0) is 5.41 Å². The lowest BCUT2D eigenvalue weighted by Crippen LogP contribution is -2.14. The van der Waals surface area contributed by atoms with E-state index in [9.17, 15) is 0 Å². The zero-order chi connectivity index (χ0) is 39.5. The molecule has 2 nitrogen and oxygen atoms in total. The molecule has 0 saturated carbocycles. The minimum absolute atomic E-state index is 0.0593. The van der Waals surface area contributed by atoms with E-state index in [4.69, 9.17) is 4.42 Å². The summed E-state index contributed by atoms with van der Waals surface area (Å²) in [6, 6.07) is 76.7. The van der Waals surface area contributed by atoms with Crippen LogP contribution in [0.5, 0.6) is 0 Å². The van der Waals surface area contributed by atoms with Crippen LogP contribution >= 0.6 is 0 Å². The van der Waals surface area contributed by atoms with E-state index in [0.717, 1.165) is 55.7 Å². The third-order valence-corrected chi connectivity index (χ3v) is 12.3. The first-order chi connectivity index (χ1) is 29.0. The predicted octanol–water partition coefficient (Wildman–Crippen LogP) is 16.0. The van der Waals surface area contributed by atoms with Gasteiger partial charge >= 0.3 is 0 Å². The van der Waals surface area contributed by atoms with Gasteiger partial charge in [-0.15, -0.1) is 0 Å². The minimum Gasteiger partial charge on any atom is -0.455 e. The van der Waals surface area contributed by atoms with E-state index >= 15 is 0 Å². The minimum atomic E-state index is -0.0593. The van der Waals surface area contributed by atoms with Crippen LogP contribution in [0.4, 0.5) is 17.1 Å². The zero-order valence-electron chi connectivity index (χ0n) is 33.1. The predicted molar refractivity (Wildman–Crippen MR) is 248 cm³/mol. The molecule has 1 aromatic heterocycles. The molecule has 2 heteroatoms. The summed E-state index contributed by atoms with van der Waals surface area (Å²) in [6.45, 7) is 4.69. The van der Waals surface area contributed by atoms with E-state index < -0.39 is 0 Å². The van der Waals surface area contributed by atoms with Crippen LogP contribution in [0.15, 0.2) is 217 Å². The van der Waals surface area contributed by atoms with Crippen LogP contribution in [0.1, 0.15) is 25.0 Å². The molecule has 0 amide bonds. The van der Waals surface area contributed by atoms with E-state index in [1.807, 2.05) is 0 Å². The van der Waals surface area contributed by atoms with Crippen molar-refractivity contribution >= 4 is 39.0 Å². The first-order valence-corrected chi connectivity index (χ1v) is 20.4. The summed E-state index contributed by atoms with van der Waals surface area (Å²) >= 11 is 0. The second-order valence-corrected chi connectivity index (χ2v) is 16.1. The lowest BCUT2D eigenvalue weighted by atomic mass is 9.82. The first-order valence-electron chi connectivity index (χ1n) is 20.4. The fourth-order valence-corrected chi connectivity index (χ4v) is 9.36. The SMILES string of the molecule is CC1(C)c2ccccc2-c2c(-c3ccc(N(c4cccc(-c5ccc(-c6ccccc6)cc5)c4)c4ccc(-c5ccccc5)c5oc6ccccc6c45)cc3)cccc21. The number of rotatable bonds is 7. The van der Waals surface area contributed by atoms with Gasteiger partial charge in [-0.2, -0.15) is 0 Å². The molecule has 9 aromatic carbocycles. The Morgan fingerprint density at radius 3 is 1.73 bits per heavy atom. The number of benzene rings is 9. The van der Waals surface area contributed by atoms with E-state index in [1.54, 1.807) is 0 Å². The Hall–Kier alpha value is -7.42. The summed E-state index contributed by atoms with van der Waals surface area (Å²) < 4.78 is 6.78. The van der Waals surface area contributed by atoms with Crippen molar-refractivity contribution in [3.63, 3.8) is 0 Å². The van der Waals surface area contributed by atoms with E-state index in [2.05, 4.69) is 231 Å². The van der Waals surface area contributed by atoms with E-state index in [-0.39, 0.29) is 5.41 Å². The fourth-order valence-electron chi connectivity index (χ4n) is 9.36. The van der Waals surface area contributed by atoms with E-state index in [0.29, 0.717) is 0 Å². The van der Waals surface area contributed by atoms with Crippen LogP contribution in [0.25, 0.3) is 77.6 Å². The van der Waals surface area contributed by atoms with Crippen molar-refractivity contribution in [2.24, 2.45) is 0 Å². The molecule has 1 aliphatic rings. The topological polar surface area (TPSA) is 16.4 Å². The molecule has 1 aliphatic carbocycles. The van der Waals surface area contributed by atoms with Gasteiger partial charge in [0.1, 0.15) is 11.2 Å². The average molecular weight is 756 g/mol. The smallest absolute Gasteiger partial charge is 0.145 e. The van der Waals surface area contributed by atoms with Gasteiger partial charge in [-0.1, -0.05) is 184 Å². The fraction of sp³-hybridized carbons (Fsp3) is 0.0526. The highest BCUT2D eigenvalue weighted by molar-refractivity contribution is 6.17. The quantitative estimate of drug-likeness (QED) is 0.161. The van der Waals surface area contributed by atoms with Crippen LogP contribution in [-0.4, -0.2) is 0 Å². The first kappa shape index (κ1) is 34.8. The molecule has 0 spiro atoms. The summed E-state index contributed by atoms with van der Waals surface area (Å²) in [5, 5.41) is 2.18. The Balaban J connectivity index is 1.09. The van der Waals surface area contributed by atoms with Gasteiger partial charge in [0.15, 0.2) is 0 Å². The third kappa shape index (κ3) is 5.79. The van der Waals surface area contributed by atoms with Crippen molar-refractivity contribution < 1.29 is 4.42 Å². The van der Waals surface area contributed by atoms with Crippen molar-refractivity contribution in [3.05, 3.63) is 223 Å². The van der Waals surface area contributed by atoms with Gasteiger partial charge in [0, 0.05) is 27.7 Å². The summed E-state index contributed by atoms with van der Waals surface area (Å²) in [6.07, 6.45) is 0. The van der Waals surface area contributed by atoms with Crippen molar-refractivity contribution in [2.45, 2.75) is 19.3 Å². The summed E-state index contributed by atoms with van der Waals surface area (Å²) in [5.74, 6) is 0. The molecule has 0 atom stereocenters. The lowest BCUT2D eigenvalue weighted by molar-refractivity contribution is 0.660. The molecule has 280 valence electrons. The van der Waals surface area contributed by atoms with Crippen LogP contribution in [0.2, 0.25) is 0 Å². The molecule has 0 fully saturated rings. The van der Waals surface area contributed by atoms with Gasteiger partial charge in [0.2, 0.25) is 0 Å². The van der Waals surface area contributed by atoms with Crippen molar-refractivity contribution in [1.82, 2.24) is 0 Å². The Kier molecular flexibility index (Phi) is 8.20. The zero-order valence-corrected chi connectivity index (χ0v) is 33.1. The highest BCUT2D eigenvalue weighted by Gasteiger charge is 2.36. The molecule has 10 aromatic rings. The Morgan fingerprint density at radius 1 is 0.390 bits per heavy atom. The number of furan rings is 1. The average Bonchev–Trinajstić information content (AvgIpc) is 3.80. The summed E-state index contributed by atoms with van der Waals surface area (Å²) in [5.41, 5.74) is 19.7. The largest absolute Gasteiger partial charge is 0.455 e. The molecule has 0 N–H and O–H groups in total. The van der Waals surface area contributed by atoms with Gasteiger partial charge in [0.05, 0.1) is 11.1 Å². The molecule has 11 rings (SSSR count). The molecule has 0 saturated heterocycles. The number of para-hydroxylation sites is 1. The molecule has 0 bridgehead atoms. The lowest BCUT2D eigenvalue weighted by Gasteiger charge is -2.27. The van der Waals surface area contributed by atoms with Gasteiger partial charge < -0.3 is 9.32 Å². The van der Waals surface area contributed by atoms with Gasteiger partial charge in [0.25, 0.3) is 0 Å². The van der Waals surface area contributed by atoms with Crippen molar-refractivity contribution in [3.8, 4) is 55.6 Å². The van der Waals surface area contributed by atoms with Crippen molar-refractivity contribution in [2.75, 3.05) is 4.90 Å². The van der Waals surface area contributed by atoms with Crippen molar-refractivity contribution in [1.29, 1.82) is 0 Å². The standard InChI is InChI=1S/C57H41NO/c1-57(2)50-24-11-9-21-48(50)54-46(23-14-25-51(54)57)42-31-33-44(34-32-42)58(45-20-13-19-43(37-45)40-29-27-39(28-30-40)38-15-5-3-6-16-38)52-36-35-47(41-17-7-4-8-18-41)56-55(52)49-22-10-12-26-53(49)59-56/h3-37H,1-2H3. The molecule has 0 unspecified atom stereocenters. The Morgan fingerprint density at radius 2 is 0.949 bits per heavy atom. The van der Waals surface area contributed by atoms with Crippen LogP contribution in [0.3, 0.4) is 0 Å². The van der Waals surface area contributed by atoms with Crippen LogP contribution in [0, 0.1) is 0 Å². The number of hydrogen-bond donors (Lipinski definition) is 0. The monoisotopic (exact) mass is 755 g/mol. The van der Waals surface area contributed by atoms with Gasteiger partial charge in [-0.05, 0) is 104 Å². The molecule has 1 heterocycles. The molecular weight excluding hydrogens is 715 g/mol. The normalized spacial score (nSPS) is 12.7.